The fraction of sp³-hybridized carbons (Fsp3) is 0.250. The molecule has 0 spiro atoms. The van der Waals surface area contributed by atoms with Gasteiger partial charge in [0, 0.05) is 11.1 Å². The Bertz CT molecular complexity index is 525. The minimum Gasteiger partial charge on any atom is -0.497 e. The summed E-state index contributed by atoms with van der Waals surface area (Å²) in [6, 6.07) is 15.9. The van der Waals surface area contributed by atoms with Gasteiger partial charge in [-0.2, -0.15) is 0 Å². The average Bonchev–Trinajstić information content (AvgIpc) is 2.42. The number of halogens is 1. The first-order valence-electron chi connectivity index (χ1n) is 6.31. The number of benzene rings is 2. The number of nitrogens with two attached hydrogens (primary N) is 1. The molecule has 2 N–H and O–H groups in total. The lowest BCUT2D eigenvalue weighted by atomic mass is 10.00. The van der Waals surface area contributed by atoms with Crippen LogP contribution in [0.15, 0.2) is 48.5 Å². The lowest BCUT2D eigenvalue weighted by Gasteiger charge is -2.13. The van der Waals surface area contributed by atoms with Crippen molar-refractivity contribution in [2.75, 3.05) is 7.11 Å². The Labute approximate surface area is 119 Å². The number of rotatable bonds is 5. The first-order chi connectivity index (χ1) is 9.19. The second-order valence-corrected chi connectivity index (χ2v) is 5.02. The maximum atomic E-state index is 6.19. The van der Waals surface area contributed by atoms with Crippen molar-refractivity contribution in [2.24, 2.45) is 5.73 Å². The van der Waals surface area contributed by atoms with Gasteiger partial charge in [0.2, 0.25) is 0 Å². The van der Waals surface area contributed by atoms with E-state index in [2.05, 4.69) is 0 Å². The molecule has 0 heterocycles. The van der Waals surface area contributed by atoms with Crippen LogP contribution in [0.1, 0.15) is 11.1 Å². The number of hydrogen-bond donors (Lipinski definition) is 1. The highest BCUT2D eigenvalue weighted by Gasteiger charge is 2.08. The molecule has 100 valence electrons. The molecule has 0 fully saturated rings. The molecule has 2 aromatic rings. The smallest absolute Gasteiger partial charge is 0.118 e. The van der Waals surface area contributed by atoms with Crippen molar-refractivity contribution in [3.8, 4) is 5.75 Å². The number of hydrogen-bond acceptors (Lipinski definition) is 2. The van der Waals surface area contributed by atoms with Crippen molar-refractivity contribution < 1.29 is 4.74 Å². The Hall–Kier alpha value is -1.51. The van der Waals surface area contributed by atoms with Crippen molar-refractivity contribution in [3.05, 3.63) is 64.7 Å². The molecule has 1 atom stereocenters. The average molecular weight is 276 g/mol. The number of methoxy groups -OCH3 is 1. The highest BCUT2D eigenvalue weighted by atomic mass is 35.5. The Morgan fingerprint density at radius 3 is 2.37 bits per heavy atom. The fourth-order valence-corrected chi connectivity index (χ4v) is 2.30. The minimum atomic E-state index is 0.0632. The van der Waals surface area contributed by atoms with Crippen LogP contribution in [0.4, 0.5) is 0 Å². The summed E-state index contributed by atoms with van der Waals surface area (Å²) in [4.78, 5) is 0. The van der Waals surface area contributed by atoms with Crippen LogP contribution in [-0.2, 0) is 12.8 Å². The normalized spacial score (nSPS) is 12.2. The molecule has 0 aliphatic rings. The molecular formula is C16H18ClNO. The zero-order chi connectivity index (χ0) is 13.7. The summed E-state index contributed by atoms with van der Waals surface area (Å²) in [6.07, 6.45) is 1.61. The molecule has 19 heavy (non-hydrogen) atoms. The molecule has 2 nitrogen and oxygen atoms in total. The molecule has 0 radical (unpaired) electrons. The van der Waals surface area contributed by atoms with Gasteiger partial charge in [0.15, 0.2) is 0 Å². The van der Waals surface area contributed by atoms with Gasteiger partial charge in [0.25, 0.3) is 0 Å². The van der Waals surface area contributed by atoms with Gasteiger partial charge in [-0.1, -0.05) is 41.9 Å². The van der Waals surface area contributed by atoms with E-state index in [1.807, 2.05) is 48.5 Å². The Morgan fingerprint density at radius 2 is 1.74 bits per heavy atom. The van der Waals surface area contributed by atoms with Crippen LogP contribution in [0.3, 0.4) is 0 Å². The molecule has 0 saturated heterocycles. The van der Waals surface area contributed by atoms with Crippen molar-refractivity contribution in [3.63, 3.8) is 0 Å². The van der Waals surface area contributed by atoms with E-state index in [0.717, 1.165) is 29.2 Å². The van der Waals surface area contributed by atoms with E-state index in [4.69, 9.17) is 22.1 Å². The van der Waals surface area contributed by atoms with E-state index < -0.39 is 0 Å². The van der Waals surface area contributed by atoms with E-state index in [-0.39, 0.29) is 6.04 Å². The molecule has 0 bridgehead atoms. The van der Waals surface area contributed by atoms with E-state index in [1.165, 1.54) is 5.56 Å². The predicted molar refractivity (Wildman–Crippen MR) is 79.8 cm³/mol. The van der Waals surface area contributed by atoms with Crippen LogP contribution in [0, 0.1) is 0 Å². The zero-order valence-electron chi connectivity index (χ0n) is 11.0. The molecule has 3 heteroatoms. The maximum absolute atomic E-state index is 6.19. The summed E-state index contributed by atoms with van der Waals surface area (Å²) < 4.78 is 5.14. The summed E-state index contributed by atoms with van der Waals surface area (Å²) in [6.45, 7) is 0. The molecular weight excluding hydrogens is 258 g/mol. The topological polar surface area (TPSA) is 35.2 Å². The first kappa shape index (κ1) is 13.9. The predicted octanol–water partition coefficient (Wildman–Crippen LogP) is 3.46. The minimum absolute atomic E-state index is 0.0632. The highest BCUT2D eigenvalue weighted by molar-refractivity contribution is 6.31. The Kier molecular flexibility index (Phi) is 4.83. The SMILES string of the molecule is COc1ccc(CC(N)Cc2ccccc2Cl)cc1. The third-order valence-electron chi connectivity index (χ3n) is 3.10. The molecule has 2 rings (SSSR count). The summed E-state index contributed by atoms with van der Waals surface area (Å²) >= 11 is 6.14. The summed E-state index contributed by atoms with van der Waals surface area (Å²) in [5.74, 6) is 0.864. The second kappa shape index (κ2) is 6.60. The molecule has 0 aliphatic carbocycles. The van der Waals surface area contributed by atoms with Crippen LogP contribution in [0.25, 0.3) is 0 Å². The number of ether oxygens (including phenoxy) is 1. The van der Waals surface area contributed by atoms with E-state index in [9.17, 15) is 0 Å². The molecule has 0 aromatic heterocycles. The fourth-order valence-electron chi connectivity index (χ4n) is 2.08. The molecule has 0 amide bonds. The van der Waals surface area contributed by atoms with Crippen LogP contribution in [-0.4, -0.2) is 13.2 Å². The monoisotopic (exact) mass is 275 g/mol. The van der Waals surface area contributed by atoms with Gasteiger partial charge in [-0.05, 0) is 42.2 Å². The quantitative estimate of drug-likeness (QED) is 0.907. The van der Waals surface area contributed by atoms with Crippen LogP contribution >= 0.6 is 11.6 Å². The van der Waals surface area contributed by atoms with Crippen molar-refractivity contribution in [2.45, 2.75) is 18.9 Å². The summed E-state index contributed by atoms with van der Waals surface area (Å²) in [5.41, 5.74) is 8.50. The van der Waals surface area contributed by atoms with Crippen molar-refractivity contribution in [1.29, 1.82) is 0 Å². The van der Waals surface area contributed by atoms with Gasteiger partial charge < -0.3 is 10.5 Å². The van der Waals surface area contributed by atoms with Gasteiger partial charge in [-0.15, -0.1) is 0 Å². The van der Waals surface area contributed by atoms with Gasteiger partial charge in [-0.3, -0.25) is 0 Å². The van der Waals surface area contributed by atoms with Gasteiger partial charge in [-0.25, -0.2) is 0 Å². The largest absolute Gasteiger partial charge is 0.497 e. The Morgan fingerprint density at radius 1 is 1.05 bits per heavy atom. The summed E-state index contributed by atoms with van der Waals surface area (Å²) in [5, 5.41) is 0.785. The molecule has 0 aliphatic heterocycles. The summed E-state index contributed by atoms with van der Waals surface area (Å²) in [7, 11) is 1.66. The Balaban J connectivity index is 1.97. The maximum Gasteiger partial charge on any atom is 0.118 e. The standard InChI is InChI=1S/C16H18ClNO/c1-19-15-8-6-12(7-9-15)10-14(18)11-13-4-2-3-5-16(13)17/h2-9,14H,10-11,18H2,1H3. The van der Waals surface area contributed by atoms with Crippen LogP contribution in [0.5, 0.6) is 5.75 Å². The van der Waals surface area contributed by atoms with Gasteiger partial charge in [0.1, 0.15) is 5.75 Å². The molecule has 1 unspecified atom stereocenters. The lowest BCUT2D eigenvalue weighted by molar-refractivity contribution is 0.414. The second-order valence-electron chi connectivity index (χ2n) is 4.61. The van der Waals surface area contributed by atoms with Crippen LogP contribution in [0.2, 0.25) is 5.02 Å². The molecule has 0 saturated carbocycles. The van der Waals surface area contributed by atoms with Crippen LogP contribution < -0.4 is 10.5 Å². The van der Waals surface area contributed by atoms with E-state index in [0.29, 0.717) is 0 Å². The third-order valence-corrected chi connectivity index (χ3v) is 3.47. The highest BCUT2D eigenvalue weighted by Crippen LogP contribution is 2.18. The van der Waals surface area contributed by atoms with Crippen molar-refractivity contribution in [1.82, 2.24) is 0 Å². The van der Waals surface area contributed by atoms with E-state index in [1.54, 1.807) is 7.11 Å². The van der Waals surface area contributed by atoms with E-state index >= 15 is 0 Å². The third kappa shape index (κ3) is 3.98. The first-order valence-corrected chi connectivity index (χ1v) is 6.68. The van der Waals surface area contributed by atoms with Gasteiger partial charge in [0.05, 0.1) is 7.11 Å². The lowest BCUT2D eigenvalue weighted by Crippen LogP contribution is -2.25. The van der Waals surface area contributed by atoms with Gasteiger partial charge >= 0.3 is 0 Å². The zero-order valence-corrected chi connectivity index (χ0v) is 11.7. The van der Waals surface area contributed by atoms with Crippen molar-refractivity contribution >= 4 is 11.6 Å². The molecule has 2 aromatic carbocycles.